The number of hydrogen-bond donors (Lipinski definition) is 1. The van der Waals surface area contributed by atoms with Gasteiger partial charge in [0.2, 0.25) is 5.95 Å². The van der Waals surface area contributed by atoms with Gasteiger partial charge in [0.25, 0.3) is 0 Å². The zero-order valence-corrected chi connectivity index (χ0v) is 25.8. The van der Waals surface area contributed by atoms with Crippen molar-refractivity contribution in [3.8, 4) is 11.1 Å². The molecule has 4 aromatic rings. The van der Waals surface area contributed by atoms with E-state index in [1.165, 1.54) is 0 Å². The molecule has 2 aromatic carbocycles. The van der Waals surface area contributed by atoms with E-state index in [1.807, 2.05) is 37.1 Å². The first-order valence-electron chi connectivity index (χ1n) is 14.4. The van der Waals surface area contributed by atoms with Gasteiger partial charge in [0.1, 0.15) is 17.6 Å². The van der Waals surface area contributed by atoms with Crippen molar-refractivity contribution < 1.29 is 9.50 Å². The molecule has 3 atom stereocenters. The summed E-state index contributed by atoms with van der Waals surface area (Å²) < 4.78 is 18.7. The third-order valence-electron chi connectivity index (χ3n) is 8.94. The van der Waals surface area contributed by atoms with Crippen LogP contribution >= 0.6 is 11.6 Å². The Kier molecular flexibility index (Phi) is 7.37. The van der Waals surface area contributed by atoms with Crippen LogP contribution in [-0.4, -0.2) is 99.3 Å². The van der Waals surface area contributed by atoms with Crippen LogP contribution in [0.25, 0.3) is 32.9 Å². The van der Waals surface area contributed by atoms with E-state index in [0.717, 1.165) is 29.6 Å². The van der Waals surface area contributed by atoms with Crippen LogP contribution in [-0.2, 0) is 7.05 Å². The molecule has 222 valence electrons. The molecule has 2 aromatic heterocycles. The van der Waals surface area contributed by atoms with Crippen LogP contribution in [0, 0.1) is 12.7 Å². The van der Waals surface area contributed by atoms with E-state index in [2.05, 4.69) is 54.3 Å². The predicted molar refractivity (Wildman–Crippen MR) is 168 cm³/mol. The smallest absolute Gasteiger partial charge is 0.228 e. The van der Waals surface area contributed by atoms with E-state index >= 15 is 4.39 Å². The second-order valence-corrected chi connectivity index (χ2v) is 12.4. The Morgan fingerprint density at radius 3 is 2.55 bits per heavy atom. The number of aliphatic hydroxyl groups is 1. The fraction of sp³-hybridized carbons (Fsp3) is 0.452. The maximum Gasteiger partial charge on any atom is 0.228 e. The summed E-state index contributed by atoms with van der Waals surface area (Å²) in [7, 11) is 5.97. The lowest BCUT2D eigenvalue weighted by Crippen LogP contribution is -2.59. The number of piperazine rings is 1. The number of benzene rings is 2. The number of aliphatic hydroxyl groups excluding tert-OH is 1. The highest BCUT2D eigenvalue weighted by molar-refractivity contribution is 6.35. The van der Waals surface area contributed by atoms with Crippen molar-refractivity contribution >= 4 is 45.2 Å². The molecule has 0 aliphatic carbocycles. The second kappa shape index (κ2) is 10.8. The molecule has 9 nitrogen and oxygen atoms in total. The molecular formula is C31H38ClFN8O. The molecule has 4 heterocycles. The molecule has 0 bridgehead atoms. The van der Waals surface area contributed by atoms with Gasteiger partial charge in [-0.3, -0.25) is 9.58 Å². The van der Waals surface area contributed by atoms with Gasteiger partial charge < -0.3 is 19.8 Å². The number of aryl methyl sites for hydroxylation is 2. The minimum Gasteiger partial charge on any atom is -0.375 e. The highest BCUT2D eigenvalue weighted by atomic mass is 35.5. The molecule has 2 fully saturated rings. The Morgan fingerprint density at radius 1 is 1.12 bits per heavy atom. The van der Waals surface area contributed by atoms with Crippen LogP contribution < -0.4 is 9.80 Å². The lowest BCUT2D eigenvalue weighted by molar-refractivity contribution is 0.0000606. The number of nitrogens with zero attached hydrogens (tertiary/aromatic N) is 8. The Bertz CT molecular complexity index is 1680. The van der Waals surface area contributed by atoms with E-state index in [0.29, 0.717) is 52.4 Å². The molecule has 2 aliphatic heterocycles. The summed E-state index contributed by atoms with van der Waals surface area (Å²) in [6.07, 6.45) is 2.59. The fourth-order valence-electron chi connectivity index (χ4n) is 6.34. The largest absolute Gasteiger partial charge is 0.375 e. The van der Waals surface area contributed by atoms with E-state index < -0.39 is 12.0 Å². The average molecular weight is 593 g/mol. The van der Waals surface area contributed by atoms with Crippen molar-refractivity contribution in [2.24, 2.45) is 7.05 Å². The molecule has 6 rings (SSSR count). The van der Waals surface area contributed by atoms with Crippen molar-refractivity contribution in [1.82, 2.24) is 29.5 Å². The highest BCUT2D eigenvalue weighted by Crippen LogP contribution is 2.43. The molecule has 2 aliphatic rings. The van der Waals surface area contributed by atoms with Crippen LogP contribution in [0.5, 0.6) is 0 Å². The van der Waals surface area contributed by atoms with Gasteiger partial charge in [-0.05, 0) is 52.6 Å². The van der Waals surface area contributed by atoms with Crippen molar-refractivity contribution in [1.29, 1.82) is 0 Å². The molecule has 2 saturated heterocycles. The number of fused-ring (bicyclic) bond motifs is 2. The van der Waals surface area contributed by atoms with Crippen LogP contribution in [0.3, 0.4) is 0 Å². The van der Waals surface area contributed by atoms with Crippen LogP contribution in [0.2, 0.25) is 5.02 Å². The third-order valence-corrected chi connectivity index (χ3v) is 9.24. The molecule has 42 heavy (non-hydrogen) atoms. The predicted octanol–water partition coefficient (Wildman–Crippen LogP) is 4.44. The van der Waals surface area contributed by atoms with Gasteiger partial charge in [0, 0.05) is 73.3 Å². The minimum atomic E-state index is -0.737. The number of anilines is 2. The van der Waals surface area contributed by atoms with Crippen molar-refractivity contribution in [2.45, 2.75) is 45.1 Å². The van der Waals surface area contributed by atoms with Crippen LogP contribution in [0.1, 0.15) is 19.4 Å². The molecule has 0 amide bonds. The van der Waals surface area contributed by atoms with Gasteiger partial charge in [0.15, 0.2) is 5.82 Å². The van der Waals surface area contributed by atoms with Crippen LogP contribution in [0.15, 0.2) is 37.1 Å². The fourth-order valence-corrected chi connectivity index (χ4v) is 6.63. The molecular weight excluding hydrogens is 555 g/mol. The van der Waals surface area contributed by atoms with Crippen molar-refractivity contribution in [3.63, 3.8) is 0 Å². The van der Waals surface area contributed by atoms with Gasteiger partial charge in [-0.2, -0.15) is 10.1 Å². The van der Waals surface area contributed by atoms with Crippen LogP contribution in [0.4, 0.5) is 16.2 Å². The number of halogens is 2. The molecule has 0 spiro atoms. The van der Waals surface area contributed by atoms with Gasteiger partial charge in [0.05, 0.1) is 16.7 Å². The first kappa shape index (κ1) is 28.8. The lowest BCUT2D eigenvalue weighted by Gasteiger charge is -2.46. The summed E-state index contributed by atoms with van der Waals surface area (Å²) in [6.45, 7) is 12.6. The summed E-state index contributed by atoms with van der Waals surface area (Å²) in [5, 5.41) is 16.7. The molecule has 1 unspecified atom stereocenters. The number of aromatic nitrogens is 4. The molecule has 1 N–H and O–H groups in total. The topological polar surface area (TPSA) is 76.8 Å². The third kappa shape index (κ3) is 4.61. The molecule has 0 saturated carbocycles. The Balaban J connectivity index is 1.55. The zero-order valence-electron chi connectivity index (χ0n) is 25.0. The molecule has 0 radical (unpaired) electrons. The molecule has 11 heteroatoms. The summed E-state index contributed by atoms with van der Waals surface area (Å²) in [5.41, 5.74) is 3.00. The first-order valence-corrected chi connectivity index (χ1v) is 14.7. The van der Waals surface area contributed by atoms with E-state index in [4.69, 9.17) is 21.6 Å². The maximum absolute atomic E-state index is 17.0. The summed E-state index contributed by atoms with van der Waals surface area (Å²) in [6, 6.07) is 6.14. The Morgan fingerprint density at radius 2 is 1.86 bits per heavy atom. The second-order valence-electron chi connectivity index (χ2n) is 12.0. The quantitative estimate of drug-likeness (QED) is 0.330. The van der Waals surface area contributed by atoms with Gasteiger partial charge in [-0.1, -0.05) is 30.3 Å². The summed E-state index contributed by atoms with van der Waals surface area (Å²) in [4.78, 5) is 18.4. The lowest BCUT2D eigenvalue weighted by atomic mass is 9.95. The summed E-state index contributed by atoms with van der Waals surface area (Å²) >= 11 is 6.98. The minimum absolute atomic E-state index is 0.00878. The number of rotatable bonds is 6. The van der Waals surface area contributed by atoms with E-state index in [9.17, 15) is 5.11 Å². The van der Waals surface area contributed by atoms with Gasteiger partial charge in [-0.25, -0.2) is 9.37 Å². The Labute approximate surface area is 250 Å². The number of hydrogen-bond acceptors (Lipinski definition) is 8. The normalized spacial score (nSPS) is 21.0. The standard InChI is InChI=1S/C31H38ClFN8O/c1-8-24(42)40-13-19(4)41(14-18(40)3)30-22-11-23(32)26(25-17(2)9-10-20-12-34-38(7)29(20)25)27(33)28(22)35-31(36-30)39-15-21(16-39)37(5)6/h8-12,18-19,21,24,42H,1,13-16H2,2-7H3/t18-,19+,24?/m1/s1. The highest BCUT2D eigenvalue weighted by Gasteiger charge is 2.36. The zero-order chi connectivity index (χ0) is 30.0. The van der Waals surface area contributed by atoms with Gasteiger partial charge >= 0.3 is 0 Å². The number of likely N-dealkylation sites (N-methyl/N-ethyl adjacent to an activating group) is 1. The summed E-state index contributed by atoms with van der Waals surface area (Å²) in [5.74, 6) is 0.690. The first-order chi connectivity index (χ1) is 20.0. The van der Waals surface area contributed by atoms with Crippen molar-refractivity contribution in [2.75, 3.05) is 50.1 Å². The van der Waals surface area contributed by atoms with Gasteiger partial charge in [-0.15, -0.1) is 0 Å². The van der Waals surface area contributed by atoms with E-state index in [-0.39, 0.29) is 17.6 Å². The Hall–Kier alpha value is -3.31. The van der Waals surface area contributed by atoms with E-state index in [1.54, 1.807) is 17.0 Å². The monoisotopic (exact) mass is 592 g/mol. The SMILES string of the molecule is C=CC(O)N1C[C@H](C)N(c2nc(N3CC(N(C)C)C3)nc3c(F)c(-c4c(C)ccc5cnn(C)c45)c(Cl)cc23)C[C@H]1C. The van der Waals surface area contributed by atoms with Crippen molar-refractivity contribution in [3.05, 3.63) is 53.5 Å². The maximum atomic E-state index is 17.0. The average Bonchev–Trinajstić information content (AvgIpc) is 3.30.